The number of likely N-dealkylation sites (tertiary alicyclic amines) is 1. The van der Waals surface area contributed by atoms with Gasteiger partial charge >= 0.3 is 0 Å². The van der Waals surface area contributed by atoms with E-state index >= 15 is 0 Å². The van der Waals surface area contributed by atoms with Gasteiger partial charge in [0, 0.05) is 11.6 Å². The normalized spacial score (nSPS) is 18.3. The Hall–Kier alpha value is -2.83. The molecule has 0 bridgehead atoms. The number of Topliss-reactive ketones (excluding diaryl/α,β-unsaturated/α-hetero) is 1. The molecule has 0 aromatic heterocycles. The molecule has 0 spiro atoms. The zero-order valence-corrected chi connectivity index (χ0v) is 18.0. The number of methoxy groups -OCH3 is 1. The molecule has 1 unspecified atom stereocenters. The van der Waals surface area contributed by atoms with Crippen LogP contribution in [0.15, 0.2) is 54.1 Å². The van der Waals surface area contributed by atoms with E-state index in [-0.39, 0.29) is 11.3 Å². The number of rotatable bonds is 7. The summed E-state index contributed by atoms with van der Waals surface area (Å²) in [4.78, 5) is 29.4. The molecule has 0 aliphatic carbocycles. The summed E-state index contributed by atoms with van der Waals surface area (Å²) in [6, 6.07) is 13.1. The molecule has 0 saturated carbocycles. The molecule has 1 fully saturated rings. The van der Waals surface area contributed by atoms with Crippen molar-refractivity contribution in [2.45, 2.75) is 12.5 Å². The molecule has 2 aromatic carbocycles. The highest BCUT2D eigenvalue weighted by Crippen LogP contribution is 2.41. The maximum Gasteiger partial charge on any atom is 0.295 e. The lowest BCUT2D eigenvalue weighted by Gasteiger charge is -2.26. The highest BCUT2D eigenvalue weighted by Gasteiger charge is 2.46. The van der Waals surface area contributed by atoms with Crippen molar-refractivity contribution in [1.29, 1.82) is 0 Å². The van der Waals surface area contributed by atoms with E-state index in [0.717, 1.165) is 6.54 Å². The molecule has 1 amide bonds. The van der Waals surface area contributed by atoms with E-state index in [0.29, 0.717) is 34.9 Å². The number of nitrogens with zero attached hydrogens (tertiary/aromatic N) is 2. The lowest BCUT2D eigenvalue weighted by atomic mass is 9.95. The first-order chi connectivity index (χ1) is 14.3. The van der Waals surface area contributed by atoms with Crippen molar-refractivity contribution < 1.29 is 19.4 Å². The van der Waals surface area contributed by atoms with Gasteiger partial charge in [-0.15, -0.1) is 0 Å². The van der Waals surface area contributed by atoms with Gasteiger partial charge in [-0.05, 0) is 56.9 Å². The molecule has 6 nitrogen and oxygen atoms in total. The largest absolute Gasteiger partial charge is 0.507 e. The second-order valence-electron chi connectivity index (χ2n) is 7.40. The third-order valence-electron chi connectivity index (χ3n) is 5.09. The van der Waals surface area contributed by atoms with Gasteiger partial charge < -0.3 is 19.6 Å². The Morgan fingerprint density at radius 3 is 2.43 bits per heavy atom. The summed E-state index contributed by atoms with van der Waals surface area (Å²) in [7, 11) is 5.39. The molecule has 0 radical (unpaired) electrons. The van der Waals surface area contributed by atoms with Gasteiger partial charge in [0.25, 0.3) is 11.7 Å². The van der Waals surface area contributed by atoms with Gasteiger partial charge in [-0.25, -0.2) is 0 Å². The molecule has 1 aliphatic heterocycles. The second kappa shape index (κ2) is 9.32. The second-order valence-corrected chi connectivity index (χ2v) is 7.84. The van der Waals surface area contributed by atoms with E-state index in [2.05, 4.69) is 0 Å². The minimum atomic E-state index is -0.705. The highest BCUT2D eigenvalue weighted by molar-refractivity contribution is 6.46. The van der Waals surface area contributed by atoms with E-state index in [1.165, 1.54) is 12.0 Å². The molecule has 1 aliphatic rings. The van der Waals surface area contributed by atoms with E-state index in [1.54, 1.807) is 48.5 Å². The predicted molar refractivity (Wildman–Crippen MR) is 117 cm³/mol. The van der Waals surface area contributed by atoms with Crippen LogP contribution < -0.4 is 4.74 Å². The van der Waals surface area contributed by atoms with Crippen LogP contribution in [0, 0.1) is 0 Å². The number of para-hydroxylation sites is 1. The fourth-order valence-corrected chi connectivity index (χ4v) is 3.77. The van der Waals surface area contributed by atoms with Crippen LogP contribution in [0.3, 0.4) is 0 Å². The van der Waals surface area contributed by atoms with Crippen LogP contribution in [-0.2, 0) is 9.59 Å². The fourth-order valence-electron chi connectivity index (χ4n) is 3.64. The molecule has 158 valence electrons. The van der Waals surface area contributed by atoms with Crippen LogP contribution in [0.1, 0.15) is 23.6 Å². The van der Waals surface area contributed by atoms with E-state index in [9.17, 15) is 14.7 Å². The maximum absolute atomic E-state index is 13.0. The van der Waals surface area contributed by atoms with Crippen molar-refractivity contribution in [3.05, 3.63) is 70.3 Å². The Morgan fingerprint density at radius 2 is 1.80 bits per heavy atom. The number of ketones is 1. The van der Waals surface area contributed by atoms with E-state index < -0.39 is 17.7 Å². The lowest BCUT2D eigenvalue weighted by Crippen LogP contribution is -2.32. The minimum absolute atomic E-state index is 0.0525. The van der Waals surface area contributed by atoms with Gasteiger partial charge in [0.1, 0.15) is 11.5 Å². The van der Waals surface area contributed by atoms with Crippen LogP contribution in [0.4, 0.5) is 0 Å². The summed E-state index contributed by atoms with van der Waals surface area (Å²) in [6.45, 7) is 1.15. The number of hydrogen-bond acceptors (Lipinski definition) is 5. The summed E-state index contributed by atoms with van der Waals surface area (Å²) in [5.74, 6) is -1.15. The zero-order valence-electron chi connectivity index (χ0n) is 17.3. The van der Waals surface area contributed by atoms with E-state index in [1.807, 2.05) is 19.0 Å². The molecule has 7 heteroatoms. The molecule has 30 heavy (non-hydrogen) atoms. The lowest BCUT2D eigenvalue weighted by molar-refractivity contribution is -0.139. The van der Waals surface area contributed by atoms with Crippen molar-refractivity contribution in [2.75, 3.05) is 34.3 Å². The molecule has 1 saturated heterocycles. The van der Waals surface area contributed by atoms with E-state index in [4.69, 9.17) is 16.3 Å². The number of aliphatic hydroxyl groups excluding tert-OH is 1. The Bertz CT molecular complexity index is 969. The number of carbonyl (C=O) groups excluding carboxylic acids is 2. The topological polar surface area (TPSA) is 70.1 Å². The van der Waals surface area contributed by atoms with Crippen LogP contribution >= 0.6 is 11.6 Å². The number of ether oxygens (including phenoxy) is 1. The number of carbonyl (C=O) groups is 2. The van der Waals surface area contributed by atoms with Crippen molar-refractivity contribution >= 4 is 29.1 Å². The number of hydrogen-bond donors (Lipinski definition) is 1. The minimum Gasteiger partial charge on any atom is -0.507 e. The smallest absolute Gasteiger partial charge is 0.295 e. The highest BCUT2D eigenvalue weighted by atomic mass is 35.5. The average molecular weight is 429 g/mol. The van der Waals surface area contributed by atoms with Crippen molar-refractivity contribution in [1.82, 2.24) is 9.80 Å². The fraction of sp³-hybridized carbons (Fsp3) is 0.304. The molecule has 1 atom stereocenters. The molecular formula is C23H25ClN2O4. The third kappa shape index (κ3) is 4.35. The summed E-state index contributed by atoms with van der Waals surface area (Å²) in [5.41, 5.74) is 1.13. The van der Waals surface area contributed by atoms with Crippen LogP contribution in [0.2, 0.25) is 5.02 Å². The first kappa shape index (κ1) is 21.9. The molecular weight excluding hydrogens is 404 g/mol. The van der Waals surface area contributed by atoms with Gasteiger partial charge in [0.2, 0.25) is 0 Å². The summed E-state index contributed by atoms with van der Waals surface area (Å²) < 4.78 is 5.34. The molecule has 2 aromatic rings. The first-order valence-corrected chi connectivity index (χ1v) is 10.0. The van der Waals surface area contributed by atoms with Gasteiger partial charge in [0.15, 0.2) is 0 Å². The monoisotopic (exact) mass is 428 g/mol. The van der Waals surface area contributed by atoms with Crippen LogP contribution in [0.25, 0.3) is 5.76 Å². The predicted octanol–water partition coefficient (Wildman–Crippen LogP) is 3.72. The Balaban J connectivity index is 2.12. The average Bonchev–Trinajstić information content (AvgIpc) is 2.98. The number of aliphatic hydroxyl groups is 1. The van der Waals surface area contributed by atoms with Gasteiger partial charge in [-0.3, -0.25) is 9.59 Å². The summed E-state index contributed by atoms with van der Waals surface area (Å²) in [5, 5.41) is 11.7. The number of amides is 1. The summed E-state index contributed by atoms with van der Waals surface area (Å²) in [6.07, 6.45) is 0.693. The Kier molecular flexibility index (Phi) is 6.80. The van der Waals surface area contributed by atoms with Crippen molar-refractivity contribution in [2.24, 2.45) is 0 Å². The molecule has 1 heterocycles. The molecule has 1 N–H and O–H groups in total. The van der Waals surface area contributed by atoms with Gasteiger partial charge in [0.05, 0.1) is 24.3 Å². The Morgan fingerprint density at radius 1 is 1.13 bits per heavy atom. The maximum atomic E-state index is 13.0. The third-order valence-corrected chi connectivity index (χ3v) is 5.34. The number of benzene rings is 2. The Labute approximate surface area is 181 Å². The SMILES string of the molecule is COc1ccccc1/C(O)=C1/C(=O)C(=O)N(CCCN(C)C)C1c1ccc(Cl)cc1. The van der Waals surface area contributed by atoms with Crippen LogP contribution in [0.5, 0.6) is 5.75 Å². The van der Waals surface area contributed by atoms with Crippen molar-refractivity contribution in [3.63, 3.8) is 0 Å². The first-order valence-electron chi connectivity index (χ1n) is 9.67. The standard InChI is InChI=1S/C23H25ClN2O4/c1-25(2)13-6-14-26-20(15-9-11-16(24)12-10-15)19(22(28)23(26)29)21(27)17-7-4-5-8-18(17)30-3/h4-5,7-12,20,27H,6,13-14H2,1-3H3/b21-19-. The molecule has 3 rings (SSSR count). The zero-order chi connectivity index (χ0) is 21.8. The number of halogens is 1. The quantitative estimate of drug-likeness (QED) is 0.413. The van der Waals surface area contributed by atoms with Gasteiger partial charge in [-0.2, -0.15) is 0 Å². The van der Waals surface area contributed by atoms with Crippen molar-refractivity contribution in [3.8, 4) is 5.75 Å². The van der Waals surface area contributed by atoms with Crippen LogP contribution in [-0.4, -0.2) is 60.9 Å². The van der Waals surface area contributed by atoms with Gasteiger partial charge in [-0.1, -0.05) is 35.9 Å². The summed E-state index contributed by atoms with van der Waals surface area (Å²) >= 11 is 6.03.